The van der Waals surface area contributed by atoms with Gasteiger partial charge >= 0.3 is 0 Å². The number of fused-ring (bicyclic) bond motifs is 1. The van der Waals surface area contributed by atoms with Crippen LogP contribution in [0.4, 0.5) is 4.39 Å². The first-order valence-electron chi connectivity index (χ1n) is 7.45. The molecule has 11 heteroatoms. The quantitative estimate of drug-likeness (QED) is 0.332. The average Bonchev–Trinajstić information content (AvgIpc) is 3.15. The lowest BCUT2D eigenvalue weighted by Crippen LogP contribution is -2.23. The van der Waals surface area contributed by atoms with Crippen molar-refractivity contribution in [1.29, 1.82) is 0 Å². The second-order valence-corrected chi connectivity index (χ2v) is 8.63. The van der Waals surface area contributed by atoms with E-state index >= 15 is 0 Å². The van der Waals surface area contributed by atoms with Crippen LogP contribution >= 0.6 is 69.3 Å². The summed E-state index contributed by atoms with van der Waals surface area (Å²) in [6.07, 6.45) is 1.55. The van der Waals surface area contributed by atoms with Crippen LogP contribution in [0.25, 0.3) is 22.4 Å². The molecule has 0 aliphatic carbocycles. The van der Waals surface area contributed by atoms with Crippen LogP contribution < -0.4 is 10.1 Å². The van der Waals surface area contributed by atoms with Gasteiger partial charge in [-0.25, -0.2) is 4.39 Å². The minimum Gasteiger partial charge on any atom is -0.266 e. The molecule has 142 valence electrons. The molecule has 2 aromatic heterocycles. The molecule has 2 heterocycles. The molecule has 28 heavy (non-hydrogen) atoms. The summed E-state index contributed by atoms with van der Waals surface area (Å²) in [4.78, 5) is 17.2. The van der Waals surface area contributed by atoms with Gasteiger partial charge in [0, 0.05) is 10.6 Å². The Morgan fingerprint density at radius 2 is 1.75 bits per heavy atom. The van der Waals surface area contributed by atoms with Crippen molar-refractivity contribution in [2.45, 2.75) is 0 Å². The lowest BCUT2D eigenvalue weighted by Gasteiger charge is -2.01. The highest BCUT2D eigenvalue weighted by Crippen LogP contribution is 2.31. The molecule has 0 saturated carbocycles. The van der Waals surface area contributed by atoms with Crippen LogP contribution in [0.1, 0.15) is 5.56 Å². The van der Waals surface area contributed by atoms with Gasteiger partial charge in [-0.3, -0.25) is 4.79 Å². The molecule has 0 atom stereocenters. The van der Waals surface area contributed by atoms with Gasteiger partial charge in [-0.15, -0.1) is 5.10 Å². The predicted molar refractivity (Wildman–Crippen MR) is 113 cm³/mol. The van der Waals surface area contributed by atoms with Gasteiger partial charge in [0.2, 0.25) is 4.96 Å². The summed E-state index contributed by atoms with van der Waals surface area (Å²) in [5, 5.41) is 5.12. The second kappa shape index (κ2) is 7.44. The topological polar surface area (TPSA) is 47.3 Å². The highest BCUT2D eigenvalue weighted by Gasteiger charge is 2.17. The number of hydrogen-bond acceptors (Lipinski definition) is 4. The van der Waals surface area contributed by atoms with Crippen LogP contribution in [0.3, 0.4) is 0 Å². The Balaban J connectivity index is 1.86. The van der Waals surface area contributed by atoms with Gasteiger partial charge in [-0.1, -0.05) is 69.3 Å². The molecule has 0 aliphatic heterocycles. The van der Waals surface area contributed by atoms with Crippen molar-refractivity contribution in [3.8, 4) is 11.4 Å². The van der Waals surface area contributed by atoms with Crippen LogP contribution in [0, 0.1) is 5.82 Å². The standard InChI is InChI=1S/C17H5Cl5FN3OS/c18-7-1-6(14(22)11(21)3-7)2-13-16(27)26-17(28-13)24-15(25-26)8-4-12(23)10(20)5-9(8)19/h1-5H. The molecule has 4 aromatic rings. The zero-order chi connectivity index (χ0) is 20.2. The van der Waals surface area contributed by atoms with E-state index in [2.05, 4.69) is 10.1 Å². The maximum atomic E-state index is 13.8. The molecule has 0 radical (unpaired) electrons. The summed E-state index contributed by atoms with van der Waals surface area (Å²) in [5.74, 6) is -0.553. The monoisotopic (exact) mass is 493 g/mol. The molecular weight excluding hydrogens is 491 g/mol. The van der Waals surface area contributed by atoms with E-state index in [-0.39, 0.29) is 31.5 Å². The van der Waals surface area contributed by atoms with Gasteiger partial charge in [0.15, 0.2) is 5.82 Å². The summed E-state index contributed by atoms with van der Waals surface area (Å²) < 4.78 is 15.2. The first-order valence-corrected chi connectivity index (χ1v) is 10.2. The van der Waals surface area contributed by atoms with Crippen LogP contribution in [-0.4, -0.2) is 14.6 Å². The van der Waals surface area contributed by atoms with E-state index in [0.717, 1.165) is 21.9 Å². The number of thiazole rings is 1. The summed E-state index contributed by atoms with van der Waals surface area (Å²) in [7, 11) is 0. The van der Waals surface area contributed by atoms with Crippen molar-refractivity contribution in [1.82, 2.24) is 14.6 Å². The SMILES string of the molecule is O=c1c(=Cc2cc(Cl)cc(Cl)c2Cl)sc2nc(-c3cc(F)c(Cl)cc3Cl)nn12. The summed E-state index contributed by atoms with van der Waals surface area (Å²) in [6.45, 7) is 0. The third-order valence-corrected chi connectivity index (χ3v) is 6.34. The van der Waals surface area contributed by atoms with Crippen LogP contribution in [0.5, 0.6) is 0 Å². The summed E-state index contributed by atoms with van der Waals surface area (Å²) in [5.41, 5.74) is 0.300. The molecule has 0 aliphatic rings. The van der Waals surface area contributed by atoms with Crippen molar-refractivity contribution in [3.63, 3.8) is 0 Å². The fourth-order valence-corrected chi connectivity index (χ4v) is 4.50. The van der Waals surface area contributed by atoms with Gasteiger partial charge in [-0.05, 0) is 35.9 Å². The summed E-state index contributed by atoms with van der Waals surface area (Å²) in [6, 6.07) is 5.47. The molecule has 0 amide bonds. The molecule has 0 fully saturated rings. The van der Waals surface area contributed by atoms with Crippen LogP contribution in [0.2, 0.25) is 25.1 Å². The summed E-state index contributed by atoms with van der Waals surface area (Å²) >= 11 is 31.1. The van der Waals surface area contributed by atoms with Crippen LogP contribution in [0.15, 0.2) is 29.1 Å². The lowest BCUT2D eigenvalue weighted by atomic mass is 10.2. The van der Waals surface area contributed by atoms with E-state index in [1.165, 1.54) is 12.1 Å². The maximum Gasteiger partial charge on any atom is 0.291 e. The third-order valence-electron chi connectivity index (χ3n) is 3.74. The number of nitrogens with zero attached hydrogens (tertiary/aromatic N) is 3. The smallest absolute Gasteiger partial charge is 0.266 e. The molecule has 4 rings (SSSR count). The molecule has 0 unspecified atom stereocenters. The van der Waals surface area contributed by atoms with Crippen molar-refractivity contribution in [2.75, 3.05) is 0 Å². The molecule has 0 N–H and O–H groups in total. The molecule has 4 nitrogen and oxygen atoms in total. The van der Waals surface area contributed by atoms with Crippen molar-refractivity contribution >= 4 is 80.4 Å². The van der Waals surface area contributed by atoms with Gasteiger partial charge in [0.05, 0.1) is 24.6 Å². The van der Waals surface area contributed by atoms with Crippen molar-refractivity contribution in [2.24, 2.45) is 0 Å². The van der Waals surface area contributed by atoms with E-state index in [4.69, 9.17) is 58.0 Å². The minimum absolute atomic E-state index is 0.110. The number of halogens is 6. The Morgan fingerprint density at radius 1 is 1.00 bits per heavy atom. The predicted octanol–water partition coefficient (Wildman–Crippen LogP) is 5.77. The minimum atomic E-state index is -0.664. The van der Waals surface area contributed by atoms with Crippen molar-refractivity contribution in [3.05, 3.63) is 75.6 Å². The largest absolute Gasteiger partial charge is 0.291 e. The molecule has 0 saturated heterocycles. The van der Waals surface area contributed by atoms with E-state index in [0.29, 0.717) is 20.1 Å². The highest BCUT2D eigenvalue weighted by atomic mass is 35.5. The van der Waals surface area contributed by atoms with Crippen molar-refractivity contribution < 1.29 is 4.39 Å². The number of benzene rings is 2. The zero-order valence-electron chi connectivity index (χ0n) is 13.3. The van der Waals surface area contributed by atoms with Gasteiger partial charge in [0.25, 0.3) is 5.56 Å². The zero-order valence-corrected chi connectivity index (χ0v) is 17.9. The Hall–Kier alpha value is -1.41. The fraction of sp³-hybridized carbons (Fsp3) is 0. The van der Waals surface area contributed by atoms with E-state index in [1.807, 2.05) is 0 Å². The van der Waals surface area contributed by atoms with E-state index in [9.17, 15) is 9.18 Å². The van der Waals surface area contributed by atoms with Gasteiger partial charge in [-0.2, -0.15) is 9.50 Å². The first-order chi connectivity index (χ1) is 13.2. The van der Waals surface area contributed by atoms with Gasteiger partial charge in [0.1, 0.15) is 5.82 Å². The maximum absolute atomic E-state index is 13.8. The molecule has 0 spiro atoms. The first kappa shape index (κ1) is 19.9. The molecule has 2 aromatic carbocycles. The normalized spacial score (nSPS) is 12.3. The number of hydrogen-bond donors (Lipinski definition) is 0. The number of aromatic nitrogens is 3. The van der Waals surface area contributed by atoms with Crippen LogP contribution in [-0.2, 0) is 0 Å². The Bertz CT molecular complexity index is 1370. The number of rotatable bonds is 2. The average molecular weight is 496 g/mol. The highest BCUT2D eigenvalue weighted by molar-refractivity contribution is 7.15. The fourth-order valence-electron chi connectivity index (χ4n) is 2.46. The third kappa shape index (κ3) is 3.49. The molecule has 0 bridgehead atoms. The van der Waals surface area contributed by atoms with E-state index < -0.39 is 11.4 Å². The van der Waals surface area contributed by atoms with E-state index in [1.54, 1.807) is 12.1 Å². The Kier molecular flexibility index (Phi) is 5.29. The lowest BCUT2D eigenvalue weighted by molar-refractivity contribution is 0.628. The Morgan fingerprint density at radius 3 is 2.46 bits per heavy atom. The van der Waals surface area contributed by atoms with Gasteiger partial charge < -0.3 is 0 Å². The molecular formula is C17H5Cl5FN3OS. The second-order valence-electron chi connectivity index (χ2n) is 5.58. The Labute approximate surface area is 185 Å².